The molecule has 0 spiro atoms. The van der Waals surface area contributed by atoms with Crippen LogP contribution in [0.1, 0.15) is 37.0 Å². The summed E-state index contributed by atoms with van der Waals surface area (Å²) in [6, 6.07) is 4.31. The largest absolute Gasteiger partial charge is 0.398 e. The van der Waals surface area contributed by atoms with Crippen LogP contribution in [0.2, 0.25) is 0 Å². The monoisotopic (exact) mass is 202 g/mol. The van der Waals surface area contributed by atoms with E-state index in [0.717, 1.165) is 29.7 Å². The molecule has 2 N–H and O–H groups in total. The fourth-order valence-electron chi connectivity index (χ4n) is 1.61. The molecule has 0 aromatic heterocycles. The van der Waals surface area contributed by atoms with Crippen LogP contribution in [0.5, 0.6) is 0 Å². The van der Waals surface area contributed by atoms with E-state index in [0.29, 0.717) is 0 Å². The Labute approximate surface area is 93.0 Å². The van der Waals surface area contributed by atoms with Crippen molar-refractivity contribution >= 4 is 11.8 Å². The third-order valence-electron chi connectivity index (χ3n) is 2.61. The van der Waals surface area contributed by atoms with Gasteiger partial charge in [-0.25, -0.2) is 0 Å². The van der Waals surface area contributed by atoms with Gasteiger partial charge >= 0.3 is 0 Å². The Bertz CT molecular complexity index is 351. The van der Waals surface area contributed by atoms with Crippen LogP contribution in [-0.2, 0) is 6.42 Å². The molecule has 0 bridgehead atoms. The molecule has 0 amide bonds. The molecule has 0 saturated carbocycles. The fourth-order valence-corrected chi connectivity index (χ4v) is 1.61. The van der Waals surface area contributed by atoms with Crippen molar-refractivity contribution in [2.45, 2.75) is 33.6 Å². The molecule has 0 heterocycles. The number of hydrogen-bond acceptors (Lipinski definition) is 1. The highest BCUT2D eigenvalue weighted by Gasteiger charge is 2.03. The molecular formula is C14H20N. The molecule has 1 nitrogen and oxygen atoms in total. The van der Waals surface area contributed by atoms with Gasteiger partial charge in [0.1, 0.15) is 0 Å². The molecule has 0 aliphatic heterocycles. The number of benzene rings is 1. The second kappa shape index (κ2) is 5.01. The Morgan fingerprint density at radius 2 is 2.07 bits per heavy atom. The summed E-state index contributed by atoms with van der Waals surface area (Å²) in [5.74, 6) is 1.46. The van der Waals surface area contributed by atoms with Gasteiger partial charge in [-0.05, 0) is 48.4 Å². The first-order valence-corrected chi connectivity index (χ1v) is 5.35. The molecular weight excluding hydrogens is 182 g/mol. The van der Waals surface area contributed by atoms with Gasteiger partial charge < -0.3 is 5.73 Å². The normalized spacial score (nSPS) is 10.7. The lowest BCUT2D eigenvalue weighted by Gasteiger charge is -2.10. The van der Waals surface area contributed by atoms with E-state index < -0.39 is 0 Å². The predicted octanol–water partition coefficient (Wildman–Crippen LogP) is 3.77. The van der Waals surface area contributed by atoms with Crippen LogP contribution in [0.4, 0.5) is 5.69 Å². The highest BCUT2D eigenvalue weighted by molar-refractivity contribution is 5.67. The third kappa shape index (κ3) is 3.12. The van der Waals surface area contributed by atoms with Crippen molar-refractivity contribution in [2.75, 3.05) is 5.73 Å². The number of nitrogen functional groups attached to an aromatic ring is 1. The van der Waals surface area contributed by atoms with Gasteiger partial charge in [0.25, 0.3) is 0 Å². The third-order valence-corrected chi connectivity index (χ3v) is 2.61. The van der Waals surface area contributed by atoms with Gasteiger partial charge in [0.05, 0.1) is 0 Å². The number of hydrogen-bond donors (Lipinski definition) is 1. The molecule has 1 heteroatoms. The maximum absolute atomic E-state index is 5.94. The molecule has 0 atom stereocenters. The van der Waals surface area contributed by atoms with Gasteiger partial charge in [0, 0.05) is 5.69 Å². The number of anilines is 1. The molecule has 15 heavy (non-hydrogen) atoms. The van der Waals surface area contributed by atoms with Crippen molar-refractivity contribution in [3.63, 3.8) is 0 Å². The van der Waals surface area contributed by atoms with E-state index >= 15 is 0 Å². The van der Waals surface area contributed by atoms with Gasteiger partial charge in [-0.15, -0.1) is 0 Å². The number of aryl methyl sites for hydroxylation is 2. The fraction of sp³-hybridized carbons (Fsp3) is 0.357. The van der Waals surface area contributed by atoms with Crippen LogP contribution in [-0.4, -0.2) is 0 Å². The summed E-state index contributed by atoms with van der Waals surface area (Å²) in [6.45, 7) is 10.2. The van der Waals surface area contributed by atoms with E-state index in [2.05, 4.69) is 32.6 Å². The lowest BCUT2D eigenvalue weighted by Crippen LogP contribution is -1.97. The quantitative estimate of drug-likeness (QED) is 0.739. The average molecular weight is 202 g/mol. The molecule has 1 radical (unpaired) electrons. The van der Waals surface area contributed by atoms with E-state index in [4.69, 9.17) is 5.73 Å². The number of rotatable bonds is 4. The molecule has 0 unspecified atom stereocenters. The van der Waals surface area contributed by atoms with Crippen LogP contribution in [0.15, 0.2) is 18.7 Å². The van der Waals surface area contributed by atoms with Crippen molar-refractivity contribution in [1.82, 2.24) is 0 Å². The summed E-state index contributed by atoms with van der Waals surface area (Å²) >= 11 is 0. The van der Waals surface area contributed by atoms with Crippen molar-refractivity contribution in [3.05, 3.63) is 41.3 Å². The van der Waals surface area contributed by atoms with E-state index in [1.165, 1.54) is 11.5 Å². The zero-order valence-corrected chi connectivity index (χ0v) is 9.93. The van der Waals surface area contributed by atoms with E-state index in [-0.39, 0.29) is 0 Å². The number of nitrogens with two attached hydrogens (primary N) is 1. The molecule has 0 saturated heterocycles. The Hall–Kier alpha value is -1.24. The standard InChI is InChI=1S/C14H20N/c1-5-13-9-12(7-6-10(2)3)8-11(4)14(13)15/h5,8-9H,1,6-7,15H2,2-4H3. The van der Waals surface area contributed by atoms with E-state index in [1.54, 1.807) is 0 Å². The second-order valence-corrected chi connectivity index (χ2v) is 4.33. The van der Waals surface area contributed by atoms with Gasteiger partial charge in [-0.1, -0.05) is 32.6 Å². The average Bonchev–Trinajstić information content (AvgIpc) is 2.19. The predicted molar refractivity (Wildman–Crippen MR) is 68.6 cm³/mol. The summed E-state index contributed by atoms with van der Waals surface area (Å²) in [7, 11) is 0. The maximum atomic E-state index is 5.94. The first kappa shape index (κ1) is 11.8. The van der Waals surface area contributed by atoms with Crippen LogP contribution < -0.4 is 5.73 Å². The van der Waals surface area contributed by atoms with E-state index in [1.807, 2.05) is 13.0 Å². The Kier molecular flexibility index (Phi) is 3.96. The summed E-state index contributed by atoms with van der Waals surface area (Å²) in [5, 5.41) is 0. The SMILES string of the molecule is C=Cc1cc(CC[C](C)C)cc(C)c1N. The van der Waals surface area contributed by atoms with Gasteiger partial charge in [0.2, 0.25) is 0 Å². The van der Waals surface area contributed by atoms with Gasteiger partial charge in [-0.2, -0.15) is 0 Å². The summed E-state index contributed by atoms with van der Waals surface area (Å²) in [6.07, 6.45) is 4.05. The maximum Gasteiger partial charge on any atom is 0.0417 e. The summed E-state index contributed by atoms with van der Waals surface area (Å²) < 4.78 is 0. The minimum absolute atomic E-state index is 0.853. The highest BCUT2D eigenvalue weighted by Crippen LogP contribution is 2.22. The van der Waals surface area contributed by atoms with Gasteiger partial charge in [0.15, 0.2) is 0 Å². The minimum Gasteiger partial charge on any atom is -0.398 e. The molecule has 1 aromatic rings. The van der Waals surface area contributed by atoms with Crippen molar-refractivity contribution in [2.24, 2.45) is 0 Å². The minimum atomic E-state index is 0.853. The Balaban J connectivity index is 2.90. The van der Waals surface area contributed by atoms with Crippen molar-refractivity contribution in [3.8, 4) is 0 Å². The highest BCUT2D eigenvalue weighted by atomic mass is 14.6. The topological polar surface area (TPSA) is 26.0 Å². The van der Waals surface area contributed by atoms with Crippen LogP contribution in [0.25, 0.3) is 6.08 Å². The lowest BCUT2D eigenvalue weighted by molar-refractivity contribution is 0.830. The van der Waals surface area contributed by atoms with E-state index in [9.17, 15) is 0 Å². The zero-order chi connectivity index (χ0) is 11.4. The molecule has 0 aliphatic rings. The Morgan fingerprint density at radius 3 is 2.60 bits per heavy atom. The first-order valence-electron chi connectivity index (χ1n) is 5.35. The van der Waals surface area contributed by atoms with Crippen LogP contribution in [0.3, 0.4) is 0 Å². The Morgan fingerprint density at radius 1 is 1.40 bits per heavy atom. The smallest absolute Gasteiger partial charge is 0.0417 e. The summed E-state index contributed by atoms with van der Waals surface area (Å²) in [4.78, 5) is 0. The first-order chi connectivity index (χ1) is 7.04. The zero-order valence-electron chi connectivity index (χ0n) is 9.93. The summed E-state index contributed by atoms with van der Waals surface area (Å²) in [5.41, 5.74) is 10.3. The lowest BCUT2D eigenvalue weighted by atomic mass is 9.98. The molecule has 1 rings (SSSR count). The van der Waals surface area contributed by atoms with Crippen LogP contribution >= 0.6 is 0 Å². The molecule has 1 aromatic carbocycles. The molecule has 0 aliphatic carbocycles. The van der Waals surface area contributed by atoms with Crippen molar-refractivity contribution < 1.29 is 0 Å². The molecule has 0 fully saturated rings. The van der Waals surface area contributed by atoms with Gasteiger partial charge in [-0.3, -0.25) is 0 Å². The molecule has 81 valence electrons. The second-order valence-electron chi connectivity index (χ2n) is 4.33. The van der Waals surface area contributed by atoms with Crippen LogP contribution in [0, 0.1) is 12.8 Å². The van der Waals surface area contributed by atoms with Crippen molar-refractivity contribution in [1.29, 1.82) is 0 Å².